The molecule has 2 aromatic heterocycles. The highest BCUT2D eigenvalue weighted by molar-refractivity contribution is 5.52. The van der Waals surface area contributed by atoms with Gasteiger partial charge in [0.1, 0.15) is 6.29 Å². The van der Waals surface area contributed by atoms with E-state index in [0.717, 1.165) is 17.7 Å². The SMILES string of the molecule is O=CCN(Cc1ccccn1)Cc1ccccn1. The highest BCUT2D eigenvalue weighted by atomic mass is 16.1. The van der Waals surface area contributed by atoms with Gasteiger partial charge in [0.15, 0.2) is 0 Å². The first-order valence-corrected chi connectivity index (χ1v) is 5.84. The lowest BCUT2D eigenvalue weighted by atomic mass is 10.3. The van der Waals surface area contributed by atoms with Gasteiger partial charge in [-0.05, 0) is 24.3 Å². The van der Waals surface area contributed by atoms with Crippen molar-refractivity contribution in [3.05, 3.63) is 60.2 Å². The summed E-state index contributed by atoms with van der Waals surface area (Å²) >= 11 is 0. The molecule has 0 aliphatic carbocycles. The third kappa shape index (κ3) is 3.75. The van der Waals surface area contributed by atoms with Crippen LogP contribution in [0.15, 0.2) is 48.8 Å². The Morgan fingerprint density at radius 2 is 1.50 bits per heavy atom. The van der Waals surface area contributed by atoms with Crippen molar-refractivity contribution in [2.75, 3.05) is 6.54 Å². The quantitative estimate of drug-likeness (QED) is 0.722. The molecule has 0 amide bonds. The first-order chi connectivity index (χ1) is 8.88. The smallest absolute Gasteiger partial charge is 0.134 e. The first-order valence-electron chi connectivity index (χ1n) is 5.84. The van der Waals surface area contributed by atoms with Crippen molar-refractivity contribution in [1.82, 2.24) is 14.9 Å². The zero-order valence-corrected chi connectivity index (χ0v) is 10.1. The lowest BCUT2D eigenvalue weighted by Gasteiger charge is -2.18. The summed E-state index contributed by atoms with van der Waals surface area (Å²) in [5.41, 5.74) is 1.91. The van der Waals surface area contributed by atoms with Crippen molar-refractivity contribution >= 4 is 6.29 Å². The van der Waals surface area contributed by atoms with Crippen LogP contribution in [-0.2, 0) is 17.9 Å². The van der Waals surface area contributed by atoms with Crippen molar-refractivity contribution < 1.29 is 4.79 Å². The molecule has 0 aliphatic rings. The van der Waals surface area contributed by atoms with E-state index in [1.54, 1.807) is 12.4 Å². The van der Waals surface area contributed by atoms with Crippen LogP contribution in [0.3, 0.4) is 0 Å². The molecule has 0 saturated carbocycles. The molecular weight excluding hydrogens is 226 g/mol. The summed E-state index contributed by atoms with van der Waals surface area (Å²) < 4.78 is 0. The highest BCUT2D eigenvalue weighted by Crippen LogP contribution is 2.05. The number of nitrogens with zero attached hydrogens (tertiary/aromatic N) is 3. The van der Waals surface area contributed by atoms with Crippen LogP contribution in [-0.4, -0.2) is 27.7 Å². The molecule has 18 heavy (non-hydrogen) atoms. The second kappa shape index (κ2) is 6.61. The molecule has 0 saturated heterocycles. The standard InChI is InChI=1S/C14H15N3O/c18-10-9-17(11-13-5-1-3-7-15-13)12-14-6-2-4-8-16-14/h1-8,10H,9,11-12H2. The van der Waals surface area contributed by atoms with Crippen molar-refractivity contribution in [1.29, 1.82) is 0 Å². The van der Waals surface area contributed by atoms with Gasteiger partial charge in [-0.25, -0.2) is 0 Å². The van der Waals surface area contributed by atoms with E-state index in [9.17, 15) is 4.79 Å². The average Bonchev–Trinajstić information content (AvgIpc) is 2.41. The Morgan fingerprint density at radius 3 is 1.89 bits per heavy atom. The summed E-state index contributed by atoms with van der Waals surface area (Å²) in [5, 5.41) is 0. The molecule has 2 heterocycles. The third-order valence-electron chi connectivity index (χ3n) is 2.56. The number of hydrogen-bond acceptors (Lipinski definition) is 4. The third-order valence-corrected chi connectivity index (χ3v) is 2.56. The Balaban J connectivity index is 2.02. The minimum atomic E-state index is 0.382. The molecule has 0 radical (unpaired) electrons. The topological polar surface area (TPSA) is 46.1 Å². The summed E-state index contributed by atoms with van der Waals surface area (Å²) in [7, 11) is 0. The second-order valence-electron chi connectivity index (χ2n) is 3.98. The molecule has 0 spiro atoms. The van der Waals surface area contributed by atoms with E-state index >= 15 is 0 Å². The van der Waals surface area contributed by atoms with E-state index in [4.69, 9.17) is 0 Å². The maximum absolute atomic E-state index is 10.7. The van der Waals surface area contributed by atoms with Gasteiger partial charge in [0, 0.05) is 25.5 Å². The van der Waals surface area contributed by atoms with Crippen molar-refractivity contribution in [2.45, 2.75) is 13.1 Å². The lowest BCUT2D eigenvalue weighted by Crippen LogP contribution is -2.25. The van der Waals surface area contributed by atoms with Crippen LogP contribution in [0.2, 0.25) is 0 Å². The number of rotatable bonds is 6. The minimum absolute atomic E-state index is 0.382. The zero-order chi connectivity index (χ0) is 12.6. The van der Waals surface area contributed by atoms with E-state index in [-0.39, 0.29) is 0 Å². The van der Waals surface area contributed by atoms with Gasteiger partial charge in [0.05, 0.1) is 17.9 Å². The molecule has 0 atom stereocenters. The van der Waals surface area contributed by atoms with Crippen LogP contribution in [0.4, 0.5) is 0 Å². The van der Waals surface area contributed by atoms with Crippen LogP contribution in [0.5, 0.6) is 0 Å². The van der Waals surface area contributed by atoms with Gasteiger partial charge >= 0.3 is 0 Å². The molecule has 92 valence electrons. The van der Waals surface area contributed by atoms with E-state index in [1.165, 1.54) is 0 Å². The van der Waals surface area contributed by atoms with Gasteiger partial charge in [-0.2, -0.15) is 0 Å². The highest BCUT2D eigenvalue weighted by Gasteiger charge is 2.07. The molecule has 0 bridgehead atoms. The summed E-state index contributed by atoms with van der Waals surface area (Å²) in [6, 6.07) is 11.6. The maximum atomic E-state index is 10.7. The van der Waals surface area contributed by atoms with Gasteiger partial charge in [-0.1, -0.05) is 12.1 Å². The maximum Gasteiger partial charge on any atom is 0.134 e. The summed E-state index contributed by atoms with van der Waals surface area (Å²) in [4.78, 5) is 21.3. The number of pyridine rings is 2. The number of aldehydes is 1. The number of hydrogen-bond donors (Lipinski definition) is 0. The lowest BCUT2D eigenvalue weighted by molar-refractivity contribution is -0.109. The molecule has 2 rings (SSSR count). The molecule has 0 aliphatic heterocycles. The molecule has 0 N–H and O–H groups in total. The predicted molar refractivity (Wildman–Crippen MR) is 68.7 cm³/mol. The Kier molecular flexibility index (Phi) is 4.55. The van der Waals surface area contributed by atoms with E-state index in [2.05, 4.69) is 9.97 Å². The Bertz CT molecular complexity index is 431. The molecule has 2 aromatic rings. The van der Waals surface area contributed by atoms with Gasteiger partial charge in [0.2, 0.25) is 0 Å². The number of carbonyl (C=O) groups is 1. The van der Waals surface area contributed by atoms with Gasteiger partial charge < -0.3 is 4.79 Å². The normalized spacial score (nSPS) is 10.5. The Morgan fingerprint density at radius 1 is 0.944 bits per heavy atom. The fourth-order valence-corrected chi connectivity index (χ4v) is 1.73. The van der Waals surface area contributed by atoms with Crippen LogP contribution < -0.4 is 0 Å². The molecule has 4 heteroatoms. The fourth-order valence-electron chi connectivity index (χ4n) is 1.73. The monoisotopic (exact) mass is 241 g/mol. The fraction of sp³-hybridized carbons (Fsp3) is 0.214. The zero-order valence-electron chi connectivity index (χ0n) is 10.1. The van der Waals surface area contributed by atoms with E-state index < -0.39 is 0 Å². The van der Waals surface area contributed by atoms with Crippen LogP contribution in [0.25, 0.3) is 0 Å². The molecule has 0 unspecified atom stereocenters. The summed E-state index contributed by atoms with van der Waals surface area (Å²) in [6.45, 7) is 1.68. The average molecular weight is 241 g/mol. The van der Waals surface area contributed by atoms with Gasteiger partial charge in [-0.3, -0.25) is 14.9 Å². The molecule has 4 nitrogen and oxygen atoms in total. The number of aromatic nitrogens is 2. The van der Waals surface area contributed by atoms with E-state index in [1.807, 2.05) is 41.3 Å². The minimum Gasteiger partial charge on any atom is -0.302 e. The van der Waals surface area contributed by atoms with Gasteiger partial charge in [0.25, 0.3) is 0 Å². The van der Waals surface area contributed by atoms with Crippen LogP contribution in [0, 0.1) is 0 Å². The molecule has 0 aromatic carbocycles. The van der Waals surface area contributed by atoms with Gasteiger partial charge in [-0.15, -0.1) is 0 Å². The largest absolute Gasteiger partial charge is 0.302 e. The first kappa shape index (κ1) is 12.4. The predicted octanol–water partition coefficient (Wildman–Crippen LogP) is 1.68. The Labute approximate surface area is 106 Å². The van der Waals surface area contributed by atoms with Crippen molar-refractivity contribution in [3.63, 3.8) is 0 Å². The van der Waals surface area contributed by atoms with Crippen molar-refractivity contribution in [2.24, 2.45) is 0 Å². The second-order valence-corrected chi connectivity index (χ2v) is 3.98. The van der Waals surface area contributed by atoms with E-state index in [0.29, 0.717) is 19.6 Å². The Hall–Kier alpha value is -2.07. The molecular formula is C14H15N3O. The number of carbonyl (C=O) groups excluding carboxylic acids is 1. The van der Waals surface area contributed by atoms with Crippen LogP contribution in [0.1, 0.15) is 11.4 Å². The summed E-state index contributed by atoms with van der Waals surface area (Å²) in [6.07, 6.45) is 4.43. The van der Waals surface area contributed by atoms with Crippen molar-refractivity contribution in [3.8, 4) is 0 Å². The molecule has 0 fully saturated rings. The van der Waals surface area contributed by atoms with Crippen LogP contribution >= 0.6 is 0 Å². The summed E-state index contributed by atoms with van der Waals surface area (Å²) in [5.74, 6) is 0.